The number of carbonyl (C=O) groups excluding carboxylic acids is 1. The molecule has 0 unspecified atom stereocenters. The predicted octanol–water partition coefficient (Wildman–Crippen LogP) is 1.30. The van der Waals surface area contributed by atoms with Gasteiger partial charge in [0.25, 0.3) is 5.91 Å². The van der Waals surface area contributed by atoms with Crippen molar-refractivity contribution >= 4 is 47.5 Å². The van der Waals surface area contributed by atoms with Gasteiger partial charge in [0, 0.05) is 25.2 Å². The average Bonchev–Trinajstić information content (AvgIpc) is 3.15. The second-order valence-corrected chi connectivity index (χ2v) is 11.9. The second-order valence-electron chi connectivity index (χ2n) is 7.42. The fourth-order valence-electron chi connectivity index (χ4n) is 3.48. The van der Waals surface area contributed by atoms with E-state index < -0.39 is 26.0 Å². The molecule has 0 bridgehead atoms. The Balaban J connectivity index is 1.68. The fourth-order valence-corrected chi connectivity index (χ4v) is 6.58. The first-order chi connectivity index (χ1) is 16.1. The minimum absolute atomic E-state index is 0.0399. The zero-order valence-electron chi connectivity index (χ0n) is 18.0. The summed E-state index contributed by atoms with van der Waals surface area (Å²) in [5.74, 6) is -0.564. The second kappa shape index (κ2) is 9.52. The number of sulfonamides is 2. The van der Waals surface area contributed by atoms with E-state index in [2.05, 4.69) is 11.6 Å². The lowest BCUT2D eigenvalue weighted by atomic mass is 10.2. The molecular weight excluding hydrogens is 500 g/mol. The molecule has 1 saturated heterocycles. The maximum absolute atomic E-state index is 12.8. The molecule has 34 heavy (non-hydrogen) atoms. The Morgan fingerprint density at radius 1 is 1.09 bits per heavy atom. The number of carbonyl (C=O) groups is 1. The lowest BCUT2D eigenvalue weighted by molar-refractivity contribution is 0.0730. The van der Waals surface area contributed by atoms with Gasteiger partial charge in [-0.05, 0) is 42.5 Å². The van der Waals surface area contributed by atoms with E-state index in [-0.39, 0.29) is 28.4 Å². The number of hydrogen-bond acceptors (Lipinski definition) is 7. The minimum Gasteiger partial charge on any atom is -0.379 e. The van der Waals surface area contributed by atoms with Crippen LogP contribution in [-0.4, -0.2) is 57.9 Å². The molecule has 1 aromatic heterocycles. The van der Waals surface area contributed by atoms with E-state index >= 15 is 0 Å². The molecule has 0 aliphatic carbocycles. The monoisotopic (exact) mass is 522 g/mol. The average molecular weight is 523 g/mol. The predicted molar refractivity (Wildman–Crippen MR) is 127 cm³/mol. The van der Waals surface area contributed by atoms with E-state index in [4.69, 9.17) is 9.88 Å². The third kappa shape index (κ3) is 4.89. The van der Waals surface area contributed by atoms with E-state index in [9.17, 15) is 21.6 Å². The van der Waals surface area contributed by atoms with Gasteiger partial charge < -0.3 is 9.30 Å². The molecule has 1 fully saturated rings. The van der Waals surface area contributed by atoms with Crippen LogP contribution in [0.3, 0.4) is 0 Å². The van der Waals surface area contributed by atoms with Crippen molar-refractivity contribution in [2.45, 2.75) is 16.3 Å². The fraction of sp³-hybridized carbons (Fsp3) is 0.238. The molecular formula is C21H22N4O6S3. The van der Waals surface area contributed by atoms with Crippen molar-refractivity contribution in [3.63, 3.8) is 0 Å². The molecule has 2 aromatic carbocycles. The van der Waals surface area contributed by atoms with Crippen LogP contribution in [0.25, 0.3) is 10.2 Å². The first kappa shape index (κ1) is 24.4. The van der Waals surface area contributed by atoms with E-state index in [0.29, 0.717) is 34.8 Å². The van der Waals surface area contributed by atoms with Crippen LogP contribution in [0.5, 0.6) is 0 Å². The Labute approximate surface area is 200 Å². The normalized spacial score (nSPS) is 16.1. The molecule has 13 heteroatoms. The molecule has 1 amide bonds. The van der Waals surface area contributed by atoms with Crippen LogP contribution in [0, 0.1) is 0 Å². The number of rotatable bonds is 6. The number of allylic oxidation sites excluding steroid dienone is 1. The Kier molecular flexibility index (Phi) is 6.85. The number of amides is 1. The summed E-state index contributed by atoms with van der Waals surface area (Å²) >= 11 is 1.14. The number of nitrogens with two attached hydrogens (primary N) is 1. The standard InChI is InChI=1S/C21H22N4O6S3/c1-2-9-25-18-8-7-17(33(22,27)28)14-19(18)32-21(25)23-20(26)15-3-5-16(6-4-15)34(29,30)24-10-12-31-13-11-24/h2-8,14H,1,9-13H2,(H2,22,27,28). The van der Waals surface area contributed by atoms with Gasteiger partial charge in [-0.1, -0.05) is 17.4 Å². The molecule has 2 heterocycles. The molecule has 10 nitrogen and oxygen atoms in total. The smallest absolute Gasteiger partial charge is 0.279 e. The van der Waals surface area contributed by atoms with Gasteiger partial charge in [0.2, 0.25) is 20.0 Å². The van der Waals surface area contributed by atoms with Crippen LogP contribution >= 0.6 is 11.3 Å². The zero-order chi connectivity index (χ0) is 24.5. The van der Waals surface area contributed by atoms with Gasteiger partial charge in [-0.15, -0.1) is 6.58 Å². The van der Waals surface area contributed by atoms with E-state index in [1.165, 1.54) is 40.7 Å². The molecule has 3 aromatic rings. The third-order valence-corrected chi connectivity index (χ3v) is 9.07. The lowest BCUT2D eigenvalue weighted by Crippen LogP contribution is -2.40. The Morgan fingerprint density at radius 3 is 2.35 bits per heavy atom. The highest BCUT2D eigenvalue weighted by atomic mass is 32.2. The molecule has 0 radical (unpaired) electrons. The number of aromatic nitrogens is 1. The van der Waals surface area contributed by atoms with Crippen molar-refractivity contribution in [3.05, 3.63) is 65.5 Å². The molecule has 0 spiro atoms. The van der Waals surface area contributed by atoms with Gasteiger partial charge in [-0.2, -0.15) is 9.30 Å². The lowest BCUT2D eigenvalue weighted by Gasteiger charge is -2.26. The number of benzene rings is 2. The van der Waals surface area contributed by atoms with E-state index in [0.717, 1.165) is 11.3 Å². The summed E-state index contributed by atoms with van der Waals surface area (Å²) in [7, 11) is -7.55. The molecule has 0 atom stereocenters. The van der Waals surface area contributed by atoms with Gasteiger partial charge in [0.1, 0.15) is 0 Å². The van der Waals surface area contributed by atoms with Crippen molar-refractivity contribution < 1.29 is 26.4 Å². The summed E-state index contributed by atoms with van der Waals surface area (Å²) < 4.78 is 57.8. The zero-order valence-corrected chi connectivity index (χ0v) is 20.4. The van der Waals surface area contributed by atoms with Crippen molar-refractivity contribution in [2.75, 3.05) is 26.3 Å². The molecule has 180 valence electrons. The summed E-state index contributed by atoms with van der Waals surface area (Å²) in [5.41, 5.74) is 0.893. The van der Waals surface area contributed by atoms with Crippen LogP contribution in [0.2, 0.25) is 0 Å². The van der Waals surface area contributed by atoms with Crippen LogP contribution in [0.4, 0.5) is 0 Å². The number of fused-ring (bicyclic) bond motifs is 1. The number of ether oxygens (including phenoxy) is 1. The molecule has 1 aliphatic rings. The summed E-state index contributed by atoms with van der Waals surface area (Å²) in [6, 6.07) is 10.0. The highest BCUT2D eigenvalue weighted by Gasteiger charge is 2.26. The first-order valence-corrected chi connectivity index (χ1v) is 14.0. The van der Waals surface area contributed by atoms with Crippen LogP contribution in [0.15, 0.2) is 69.9 Å². The number of thiazole rings is 1. The molecule has 1 aliphatic heterocycles. The number of nitrogens with zero attached hydrogens (tertiary/aromatic N) is 3. The largest absolute Gasteiger partial charge is 0.379 e. The molecule has 0 saturated carbocycles. The van der Waals surface area contributed by atoms with Crippen molar-refractivity contribution in [1.82, 2.24) is 8.87 Å². The SMILES string of the molecule is C=CCn1c(=NC(=O)c2ccc(S(=O)(=O)N3CCOCC3)cc2)sc2cc(S(N)(=O)=O)ccc21. The summed E-state index contributed by atoms with van der Waals surface area (Å²) in [5, 5.41) is 5.22. The van der Waals surface area contributed by atoms with Gasteiger partial charge in [-0.25, -0.2) is 22.0 Å². The number of primary sulfonamides is 1. The Hall–Kier alpha value is -2.68. The van der Waals surface area contributed by atoms with Crippen LogP contribution in [-0.2, 0) is 31.3 Å². The van der Waals surface area contributed by atoms with Gasteiger partial charge >= 0.3 is 0 Å². The van der Waals surface area contributed by atoms with Crippen molar-refractivity contribution in [1.29, 1.82) is 0 Å². The maximum atomic E-state index is 12.8. The summed E-state index contributed by atoms with van der Waals surface area (Å²) in [4.78, 5) is 17.4. The van der Waals surface area contributed by atoms with Gasteiger partial charge in [0.15, 0.2) is 4.80 Å². The van der Waals surface area contributed by atoms with Crippen LogP contribution in [0.1, 0.15) is 10.4 Å². The topological polar surface area (TPSA) is 141 Å². The quantitative estimate of drug-likeness (QED) is 0.484. The van der Waals surface area contributed by atoms with Crippen molar-refractivity contribution in [2.24, 2.45) is 10.1 Å². The highest BCUT2D eigenvalue weighted by molar-refractivity contribution is 7.89. The summed E-state index contributed by atoms with van der Waals surface area (Å²) in [6.07, 6.45) is 1.63. The van der Waals surface area contributed by atoms with Gasteiger partial charge in [-0.3, -0.25) is 4.79 Å². The van der Waals surface area contributed by atoms with E-state index in [1.807, 2.05) is 0 Å². The maximum Gasteiger partial charge on any atom is 0.279 e. The third-order valence-electron chi connectivity index (χ3n) is 5.20. The van der Waals surface area contributed by atoms with Gasteiger partial charge in [0.05, 0.1) is 33.2 Å². The number of hydrogen-bond donors (Lipinski definition) is 1. The number of morpholine rings is 1. The molecule has 4 rings (SSSR count). The van der Waals surface area contributed by atoms with Crippen LogP contribution < -0.4 is 9.94 Å². The highest BCUT2D eigenvalue weighted by Crippen LogP contribution is 2.22. The van der Waals surface area contributed by atoms with E-state index in [1.54, 1.807) is 16.7 Å². The Morgan fingerprint density at radius 2 is 1.74 bits per heavy atom. The summed E-state index contributed by atoms with van der Waals surface area (Å²) in [6.45, 7) is 5.30. The first-order valence-electron chi connectivity index (χ1n) is 10.2. The van der Waals surface area contributed by atoms with Crippen molar-refractivity contribution in [3.8, 4) is 0 Å². The Bertz CT molecular complexity index is 1530. The minimum atomic E-state index is -3.88. The molecule has 2 N–H and O–H groups in total.